The Hall–Kier alpha value is -2.28. The van der Waals surface area contributed by atoms with E-state index >= 15 is 0 Å². The van der Waals surface area contributed by atoms with Crippen LogP contribution in [0.4, 0.5) is 11.4 Å². The summed E-state index contributed by atoms with van der Waals surface area (Å²) in [5, 5.41) is 0. The summed E-state index contributed by atoms with van der Waals surface area (Å²) in [6.45, 7) is 6.88. The van der Waals surface area contributed by atoms with Gasteiger partial charge in [-0.3, -0.25) is 0 Å². The molecule has 1 nitrogen and oxygen atoms in total. The van der Waals surface area contributed by atoms with E-state index in [2.05, 4.69) is 86.4 Å². The second-order valence-electron chi connectivity index (χ2n) is 7.12. The number of hydrogen-bond donors (Lipinski definition) is 0. The van der Waals surface area contributed by atoms with E-state index in [-0.39, 0.29) is 5.41 Å². The molecule has 2 aliphatic rings. The van der Waals surface area contributed by atoms with Crippen molar-refractivity contribution in [1.29, 1.82) is 0 Å². The van der Waals surface area contributed by atoms with Crippen LogP contribution in [0.15, 0.2) is 72.0 Å². The van der Waals surface area contributed by atoms with Crippen LogP contribution in [0.5, 0.6) is 0 Å². The van der Waals surface area contributed by atoms with Crippen molar-refractivity contribution in [3.05, 3.63) is 83.1 Å². The number of allylic oxidation sites excluding steroid dienone is 3. The molecule has 1 aliphatic heterocycles. The molecule has 2 aromatic carbocycles. The molecule has 0 spiro atoms. The van der Waals surface area contributed by atoms with E-state index in [1.165, 1.54) is 28.2 Å². The van der Waals surface area contributed by atoms with E-state index < -0.39 is 0 Å². The van der Waals surface area contributed by atoms with E-state index in [1.54, 1.807) is 5.57 Å². The summed E-state index contributed by atoms with van der Waals surface area (Å²) in [4.78, 5) is 2.44. The molecule has 1 heteroatoms. The van der Waals surface area contributed by atoms with E-state index in [1.807, 2.05) is 0 Å². The molecule has 1 aliphatic carbocycles. The average Bonchev–Trinajstić information content (AvgIpc) is 2.57. The van der Waals surface area contributed by atoms with Crippen molar-refractivity contribution >= 4 is 11.4 Å². The average molecular weight is 301 g/mol. The molecule has 0 saturated carbocycles. The molecule has 4 rings (SSSR count). The molecule has 0 fully saturated rings. The summed E-state index contributed by atoms with van der Waals surface area (Å²) in [6.07, 6.45) is 6.92. The maximum Gasteiger partial charge on any atom is 0.0502 e. The Morgan fingerprint density at radius 2 is 1.70 bits per heavy atom. The molecule has 23 heavy (non-hydrogen) atoms. The number of para-hydroxylation sites is 1. The molecule has 0 unspecified atom stereocenters. The lowest BCUT2D eigenvalue weighted by atomic mass is 9.70. The lowest BCUT2D eigenvalue weighted by Gasteiger charge is -2.44. The van der Waals surface area contributed by atoms with Crippen molar-refractivity contribution in [2.45, 2.75) is 39.0 Å². The van der Waals surface area contributed by atoms with Crippen LogP contribution in [0.3, 0.4) is 0 Å². The van der Waals surface area contributed by atoms with E-state index in [4.69, 9.17) is 0 Å². The highest BCUT2D eigenvalue weighted by Crippen LogP contribution is 2.50. The van der Waals surface area contributed by atoms with Gasteiger partial charge in [0.2, 0.25) is 0 Å². The third-order valence-corrected chi connectivity index (χ3v) is 5.25. The van der Waals surface area contributed by atoms with E-state index in [0.29, 0.717) is 0 Å². The smallest absolute Gasteiger partial charge is 0.0502 e. The minimum atomic E-state index is 0.0951. The fourth-order valence-corrected chi connectivity index (χ4v) is 3.95. The zero-order valence-electron chi connectivity index (χ0n) is 14.1. The molecule has 0 saturated heterocycles. The zero-order valence-corrected chi connectivity index (χ0v) is 14.1. The number of aryl methyl sites for hydroxylation is 1. The van der Waals surface area contributed by atoms with Gasteiger partial charge in [-0.15, -0.1) is 0 Å². The Labute approximate surface area is 139 Å². The third kappa shape index (κ3) is 2.15. The van der Waals surface area contributed by atoms with Crippen molar-refractivity contribution in [3.63, 3.8) is 0 Å². The van der Waals surface area contributed by atoms with Gasteiger partial charge in [0.05, 0.1) is 5.69 Å². The Balaban J connectivity index is 1.99. The third-order valence-electron chi connectivity index (χ3n) is 5.25. The van der Waals surface area contributed by atoms with Crippen LogP contribution in [-0.2, 0) is 5.41 Å². The number of hydrogen-bond acceptors (Lipinski definition) is 1. The van der Waals surface area contributed by atoms with E-state index in [9.17, 15) is 0 Å². The first-order chi connectivity index (χ1) is 11.1. The van der Waals surface area contributed by atoms with Crippen LogP contribution in [-0.4, -0.2) is 0 Å². The highest BCUT2D eigenvalue weighted by molar-refractivity contribution is 5.78. The number of benzene rings is 2. The highest BCUT2D eigenvalue weighted by atomic mass is 15.2. The molecule has 0 bridgehead atoms. The lowest BCUT2D eigenvalue weighted by molar-refractivity contribution is 0.571. The van der Waals surface area contributed by atoms with Crippen LogP contribution in [0, 0.1) is 6.92 Å². The largest absolute Gasteiger partial charge is 0.310 e. The summed E-state index contributed by atoms with van der Waals surface area (Å²) < 4.78 is 0. The normalized spacial score (nSPS) is 18.7. The SMILES string of the molecule is Cc1ccc(N2C3=C(CCC=C3)C(C)(C)c3ccccc32)cc1. The first-order valence-electron chi connectivity index (χ1n) is 8.45. The molecule has 0 radical (unpaired) electrons. The van der Waals surface area contributed by atoms with Gasteiger partial charge in [0.25, 0.3) is 0 Å². The second-order valence-corrected chi connectivity index (χ2v) is 7.12. The highest BCUT2D eigenvalue weighted by Gasteiger charge is 2.38. The topological polar surface area (TPSA) is 3.24 Å². The Kier molecular flexibility index (Phi) is 3.19. The molecule has 0 aromatic heterocycles. The van der Waals surface area contributed by atoms with Gasteiger partial charge >= 0.3 is 0 Å². The fraction of sp³-hybridized carbons (Fsp3) is 0.273. The van der Waals surface area contributed by atoms with Gasteiger partial charge in [-0.1, -0.05) is 55.8 Å². The first kappa shape index (κ1) is 14.3. The standard InChI is InChI=1S/C22H23N/c1-16-12-14-17(15-13-16)23-20-10-6-4-8-18(20)22(2,3)19-9-5-7-11-21(19)23/h4,6-8,10-15H,5,9H2,1-3H3. The molecule has 0 atom stereocenters. The van der Waals surface area contributed by atoms with Crippen LogP contribution in [0.2, 0.25) is 0 Å². The minimum absolute atomic E-state index is 0.0951. The van der Waals surface area contributed by atoms with Crippen molar-refractivity contribution in [3.8, 4) is 0 Å². The summed E-state index contributed by atoms with van der Waals surface area (Å²) in [5.74, 6) is 0. The van der Waals surface area contributed by atoms with Gasteiger partial charge in [0, 0.05) is 16.8 Å². The fourth-order valence-electron chi connectivity index (χ4n) is 3.95. The molecule has 0 N–H and O–H groups in total. The molecule has 1 heterocycles. The zero-order chi connectivity index (χ0) is 16.0. The van der Waals surface area contributed by atoms with Gasteiger partial charge < -0.3 is 4.90 Å². The van der Waals surface area contributed by atoms with Crippen molar-refractivity contribution < 1.29 is 0 Å². The Morgan fingerprint density at radius 1 is 0.957 bits per heavy atom. The maximum atomic E-state index is 2.44. The van der Waals surface area contributed by atoms with Crippen LogP contribution in [0.1, 0.15) is 37.8 Å². The monoisotopic (exact) mass is 301 g/mol. The van der Waals surface area contributed by atoms with Gasteiger partial charge in [-0.25, -0.2) is 0 Å². The molecule has 0 amide bonds. The molecular formula is C22H23N. The number of anilines is 2. The lowest BCUT2D eigenvalue weighted by Crippen LogP contribution is -2.34. The van der Waals surface area contributed by atoms with Crippen LogP contribution in [0.25, 0.3) is 0 Å². The number of rotatable bonds is 1. The van der Waals surface area contributed by atoms with Gasteiger partial charge in [-0.05, 0) is 55.2 Å². The molecule has 116 valence electrons. The van der Waals surface area contributed by atoms with Crippen LogP contribution < -0.4 is 4.90 Å². The summed E-state index contributed by atoms with van der Waals surface area (Å²) in [5.41, 5.74) is 8.30. The molecule has 2 aromatic rings. The minimum Gasteiger partial charge on any atom is -0.310 e. The predicted molar refractivity (Wildman–Crippen MR) is 98.2 cm³/mol. The summed E-state index contributed by atoms with van der Waals surface area (Å²) in [7, 11) is 0. The maximum absolute atomic E-state index is 2.44. The number of fused-ring (bicyclic) bond motifs is 1. The summed E-state index contributed by atoms with van der Waals surface area (Å²) in [6, 6.07) is 17.7. The van der Waals surface area contributed by atoms with Crippen LogP contribution >= 0.6 is 0 Å². The van der Waals surface area contributed by atoms with Gasteiger partial charge in [0.1, 0.15) is 0 Å². The number of nitrogens with zero attached hydrogens (tertiary/aromatic N) is 1. The Morgan fingerprint density at radius 3 is 2.48 bits per heavy atom. The van der Waals surface area contributed by atoms with Crippen molar-refractivity contribution in [2.75, 3.05) is 4.90 Å². The van der Waals surface area contributed by atoms with Crippen molar-refractivity contribution in [2.24, 2.45) is 0 Å². The van der Waals surface area contributed by atoms with Gasteiger partial charge in [0.15, 0.2) is 0 Å². The first-order valence-corrected chi connectivity index (χ1v) is 8.45. The van der Waals surface area contributed by atoms with E-state index in [0.717, 1.165) is 12.8 Å². The Bertz CT molecular complexity index is 806. The summed E-state index contributed by atoms with van der Waals surface area (Å²) >= 11 is 0. The second kappa shape index (κ2) is 5.13. The quantitative estimate of drug-likeness (QED) is 0.621. The molecular weight excluding hydrogens is 278 g/mol. The van der Waals surface area contributed by atoms with Gasteiger partial charge in [-0.2, -0.15) is 0 Å². The van der Waals surface area contributed by atoms with Crippen molar-refractivity contribution in [1.82, 2.24) is 0 Å². The predicted octanol–water partition coefficient (Wildman–Crippen LogP) is 6.03.